The van der Waals surface area contributed by atoms with Crippen molar-refractivity contribution >= 4 is 16.9 Å². The Morgan fingerprint density at radius 3 is 2.74 bits per heavy atom. The minimum Gasteiger partial charge on any atom is -0.450 e. The molecule has 1 amide bonds. The number of pyridine rings is 1. The highest BCUT2D eigenvalue weighted by Crippen LogP contribution is 2.36. The van der Waals surface area contributed by atoms with Gasteiger partial charge in [-0.3, -0.25) is 14.6 Å². The number of likely N-dealkylation sites (N-methyl/N-ethyl adjacent to an activating group) is 1. The molecule has 1 N–H and O–H groups in total. The average molecular weight is 368 g/mol. The molecule has 138 valence electrons. The molecule has 1 aliphatic rings. The predicted octanol–water partition coefficient (Wildman–Crippen LogP) is 1.02. The number of quaternary nitrogens is 1. The highest BCUT2D eigenvalue weighted by molar-refractivity contribution is 5.98. The van der Waals surface area contributed by atoms with Crippen molar-refractivity contribution in [1.29, 1.82) is 0 Å². The zero-order chi connectivity index (χ0) is 19.1. The van der Waals surface area contributed by atoms with E-state index in [1.54, 1.807) is 23.2 Å². The van der Waals surface area contributed by atoms with Gasteiger partial charge in [-0.25, -0.2) is 4.39 Å². The first-order chi connectivity index (χ1) is 13.0. The molecule has 1 aliphatic heterocycles. The second-order valence-electron chi connectivity index (χ2n) is 6.93. The smallest absolute Gasteiger partial charge is 0.291 e. The minimum absolute atomic E-state index is 0.0171. The summed E-state index contributed by atoms with van der Waals surface area (Å²) in [5, 5.41) is 0.127. The van der Waals surface area contributed by atoms with Crippen molar-refractivity contribution in [3.8, 4) is 0 Å². The van der Waals surface area contributed by atoms with Crippen LogP contribution in [0.1, 0.15) is 27.9 Å². The van der Waals surface area contributed by atoms with Crippen molar-refractivity contribution in [1.82, 2.24) is 9.88 Å². The van der Waals surface area contributed by atoms with Crippen molar-refractivity contribution in [2.75, 3.05) is 27.2 Å². The Labute approximate surface area is 154 Å². The number of amides is 1. The lowest BCUT2D eigenvalue weighted by atomic mass is 10.0. The number of fused-ring (bicyclic) bond motifs is 2. The van der Waals surface area contributed by atoms with Crippen molar-refractivity contribution in [2.45, 2.75) is 6.04 Å². The van der Waals surface area contributed by atoms with Crippen LogP contribution in [-0.2, 0) is 0 Å². The Balaban J connectivity index is 1.95. The second-order valence-corrected chi connectivity index (χ2v) is 6.93. The monoisotopic (exact) mass is 368 g/mol. The zero-order valence-corrected chi connectivity index (χ0v) is 15.0. The Hall–Kier alpha value is -3.06. The highest BCUT2D eigenvalue weighted by atomic mass is 19.1. The van der Waals surface area contributed by atoms with Crippen molar-refractivity contribution in [3.05, 3.63) is 75.7 Å². The third-order valence-corrected chi connectivity index (χ3v) is 4.75. The van der Waals surface area contributed by atoms with Gasteiger partial charge >= 0.3 is 0 Å². The van der Waals surface area contributed by atoms with E-state index in [1.165, 1.54) is 17.0 Å². The van der Waals surface area contributed by atoms with Crippen LogP contribution in [0.2, 0.25) is 0 Å². The summed E-state index contributed by atoms with van der Waals surface area (Å²) in [6.45, 7) is 1.14. The topological polar surface area (TPSA) is 67.8 Å². The fraction of sp³-hybridized carbons (Fsp3) is 0.250. The van der Waals surface area contributed by atoms with Crippen LogP contribution < -0.4 is 10.3 Å². The maximum atomic E-state index is 13.7. The summed E-state index contributed by atoms with van der Waals surface area (Å²) in [5.41, 5.74) is 0.620. The van der Waals surface area contributed by atoms with Crippen LogP contribution in [0.3, 0.4) is 0 Å². The molecule has 3 heterocycles. The molecule has 3 aromatic rings. The Morgan fingerprint density at radius 2 is 2.04 bits per heavy atom. The van der Waals surface area contributed by atoms with Crippen molar-refractivity contribution < 1.29 is 18.5 Å². The number of halogens is 1. The first-order valence-corrected chi connectivity index (χ1v) is 8.74. The lowest BCUT2D eigenvalue weighted by Crippen LogP contribution is -3.06. The van der Waals surface area contributed by atoms with E-state index >= 15 is 0 Å². The van der Waals surface area contributed by atoms with E-state index in [0.717, 1.165) is 6.07 Å². The minimum atomic E-state index is -0.642. The van der Waals surface area contributed by atoms with Crippen LogP contribution >= 0.6 is 0 Å². The van der Waals surface area contributed by atoms with Crippen LogP contribution in [-0.4, -0.2) is 43.0 Å². The van der Waals surface area contributed by atoms with Crippen LogP contribution in [0.5, 0.6) is 0 Å². The first kappa shape index (κ1) is 17.4. The van der Waals surface area contributed by atoms with Gasteiger partial charge in [0, 0.05) is 6.20 Å². The molecule has 1 atom stereocenters. The van der Waals surface area contributed by atoms with Gasteiger partial charge in [-0.2, -0.15) is 0 Å². The van der Waals surface area contributed by atoms with Gasteiger partial charge in [0.2, 0.25) is 5.76 Å². The van der Waals surface area contributed by atoms with Gasteiger partial charge in [-0.15, -0.1) is 0 Å². The molecule has 0 fully saturated rings. The lowest BCUT2D eigenvalue weighted by molar-refractivity contribution is -0.857. The number of aromatic nitrogens is 1. The van der Waals surface area contributed by atoms with Gasteiger partial charge < -0.3 is 14.2 Å². The largest absolute Gasteiger partial charge is 0.450 e. The number of carbonyl (C=O) groups excluding carboxylic acids is 1. The normalized spacial score (nSPS) is 16.4. The summed E-state index contributed by atoms with van der Waals surface area (Å²) in [5.74, 6) is -0.852. The van der Waals surface area contributed by atoms with Crippen LogP contribution in [0.15, 0.2) is 51.8 Å². The number of benzene rings is 1. The van der Waals surface area contributed by atoms with Gasteiger partial charge in [-0.05, 0) is 30.3 Å². The molecule has 0 aliphatic carbocycles. The van der Waals surface area contributed by atoms with E-state index in [2.05, 4.69) is 4.98 Å². The number of nitrogens with one attached hydrogen (secondary N) is 1. The van der Waals surface area contributed by atoms with E-state index in [-0.39, 0.29) is 28.2 Å². The molecule has 4 rings (SSSR count). The molecule has 1 aromatic carbocycles. The summed E-state index contributed by atoms with van der Waals surface area (Å²) < 4.78 is 19.4. The van der Waals surface area contributed by atoms with Crippen molar-refractivity contribution in [3.63, 3.8) is 0 Å². The number of carbonyl (C=O) groups is 1. The third-order valence-electron chi connectivity index (χ3n) is 4.75. The summed E-state index contributed by atoms with van der Waals surface area (Å²) >= 11 is 0. The molecule has 2 aromatic heterocycles. The molecule has 7 heteroatoms. The fourth-order valence-electron chi connectivity index (χ4n) is 3.41. The molecule has 0 saturated heterocycles. The number of hydrogen-bond acceptors (Lipinski definition) is 4. The van der Waals surface area contributed by atoms with Gasteiger partial charge in [0.25, 0.3) is 5.91 Å². The van der Waals surface area contributed by atoms with Crippen LogP contribution in [0, 0.1) is 5.82 Å². The van der Waals surface area contributed by atoms with Crippen LogP contribution in [0.25, 0.3) is 11.0 Å². The quantitative estimate of drug-likeness (QED) is 0.747. The summed E-state index contributed by atoms with van der Waals surface area (Å²) in [4.78, 5) is 33.3. The third kappa shape index (κ3) is 2.90. The first-order valence-electron chi connectivity index (χ1n) is 8.74. The van der Waals surface area contributed by atoms with Gasteiger partial charge in [0.1, 0.15) is 17.4 Å². The standard InChI is InChI=1S/C20H18FN3O3/c1-23(2)9-10-24-17(14-5-3-4-8-22-14)16-18(25)13-11-12(21)6-7-15(13)27-19(16)20(24)26/h3-8,11,17H,9-10H2,1-2H3/p+1/t17-/m1/s1. The molecule has 0 unspecified atom stereocenters. The van der Waals surface area contributed by atoms with E-state index in [4.69, 9.17) is 4.42 Å². The number of nitrogens with zero attached hydrogens (tertiary/aromatic N) is 2. The van der Waals surface area contributed by atoms with E-state index in [1.807, 2.05) is 20.2 Å². The molecule has 27 heavy (non-hydrogen) atoms. The van der Waals surface area contributed by atoms with Gasteiger partial charge in [0.15, 0.2) is 5.43 Å². The van der Waals surface area contributed by atoms with E-state index in [9.17, 15) is 14.0 Å². The lowest BCUT2D eigenvalue weighted by Gasteiger charge is -2.24. The zero-order valence-electron chi connectivity index (χ0n) is 15.0. The number of hydrogen-bond donors (Lipinski definition) is 1. The predicted molar refractivity (Wildman–Crippen MR) is 97.2 cm³/mol. The molecule has 0 bridgehead atoms. The molecule has 6 nitrogen and oxygen atoms in total. The molecule has 0 radical (unpaired) electrons. The summed E-state index contributed by atoms with van der Waals surface area (Å²) in [6.07, 6.45) is 1.62. The Morgan fingerprint density at radius 1 is 1.22 bits per heavy atom. The SMILES string of the molecule is C[NH+](C)CCN1C(=O)c2oc3ccc(F)cc3c(=O)c2[C@H]1c1ccccn1. The Bertz CT molecular complexity index is 1080. The van der Waals surface area contributed by atoms with Crippen molar-refractivity contribution in [2.24, 2.45) is 0 Å². The van der Waals surface area contributed by atoms with Crippen LogP contribution in [0.4, 0.5) is 4.39 Å². The Kier molecular flexibility index (Phi) is 4.24. The highest BCUT2D eigenvalue weighted by Gasteiger charge is 2.43. The molecule has 0 saturated carbocycles. The van der Waals surface area contributed by atoms with Gasteiger partial charge in [-0.1, -0.05) is 6.07 Å². The van der Waals surface area contributed by atoms with E-state index < -0.39 is 17.3 Å². The average Bonchev–Trinajstić information content (AvgIpc) is 2.94. The molecular weight excluding hydrogens is 349 g/mol. The van der Waals surface area contributed by atoms with Gasteiger partial charge in [0.05, 0.1) is 43.8 Å². The maximum absolute atomic E-state index is 13.7. The second kappa shape index (κ2) is 6.59. The van der Waals surface area contributed by atoms with E-state index in [0.29, 0.717) is 18.8 Å². The number of rotatable bonds is 4. The molecular formula is C20H19FN3O3+. The molecule has 0 spiro atoms. The fourth-order valence-corrected chi connectivity index (χ4v) is 3.41. The maximum Gasteiger partial charge on any atom is 0.291 e. The summed E-state index contributed by atoms with van der Waals surface area (Å²) in [6, 6.07) is 8.45. The summed E-state index contributed by atoms with van der Waals surface area (Å²) in [7, 11) is 3.98.